The Hall–Kier alpha value is -3.73. The maximum atomic E-state index is 13.7. The van der Waals surface area contributed by atoms with E-state index in [1.54, 1.807) is 14.2 Å². The highest BCUT2D eigenvalue weighted by molar-refractivity contribution is 5.86. The fourth-order valence-electron chi connectivity index (χ4n) is 5.51. The third kappa shape index (κ3) is 5.11. The Bertz CT molecular complexity index is 1310. The Kier molecular flexibility index (Phi) is 7.26. The molecule has 0 bridgehead atoms. The molecule has 1 saturated heterocycles. The summed E-state index contributed by atoms with van der Waals surface area (Å²) in [5.74, 6) is 2.17. The van der Waals surface area contributed by atoms with Crippen LogP contribution in [-0.2, 0) is 11.2 Å². The summed E-state index contributed by atoms with van der Waals surface area (Å²) >= 11 is 0. The number of hydrogen-bond acceptors (Lipinski definition) is 3. The zero-order chi connectivity index (χ0) is 24.9. The number of ether oxygens (including phenoxy) is 2. The van der Waals surface area contributed by atoms with Gasteiger partial charge in [0.1, 0.15) is 11.5 Å². The molecule has 1 aliphatic rings. The number of methoxy groups -OCH3 is 2. The van der Waals surface area contributed by atoms with E-state index in [4.69, 9.17) is 9.47 Å². The molecule has 4 aromatic rings. The van der Waals surface area contributed by atoms with Crippen LogP contribution in [0.25, 0.3) is 10.9 Å². The van der Waals surface area contributed by atoms with Gasteiger partial charge >= 0.3 is 0 Å². The molecule has 0 unspecified atom stereocenters. The van der Waals surface area contributed by atoms with E-state index in [0.717, 1.165) is 65.9 Å². The van der Waals surface area contributed by atoms with Crippen molar-refractivity contribution in [3.8, 4) is 11.5 Å². The van der Waals surface area contributed by atoms with Crippen molar-refractivity contribution in [3.05, 3.63) is 95.7 Å². The standard InChI is InChI=1S/C31H34N2O3/c1-35-24-12-13-26(30(19-24)36-2)27(28-21-32-29-11-7-6-10-25(28)29)20-31(34)33-16-14-23(15-17-33)18-22-8-4-3-5-9-22/h3-13,19,21,23,27,32H,14-18,20H2,1-2H3/t27-/m1/s1. The van der Waals surface area contributed by atoms with E-state index in [1.165, 1.54) is 5.56 Å². The van der Waals surface area contributed by atoms with Gasteiger partial charge in [0, 0.05) is 54.2 Å². The number of H-pyrrole nitrogens is 1. The lowest BCUT2D eigenvalue weighted by Crippen LogP contribution is -2.39. The van der Waals surface area contributed by atoms with Crippen molar-refractivity contribution in [2.45, 2.75) is 31.6 Å². The smallest absolute Gasteiger partial charge is 0.223 e. The van der Waals surface area contributed by atoms with Crippen LogP contribution < -0.4 is 9.47 Å². The van der Waals surface area contributed by atoms with Crippen LogP contribution in [0.2, 0.25) is 0 Å². The van der Waals surface area contributed by atoms with E-state index in [-0.39, 0.29) is 11.8 Å². The summed E-state index contributed by atoms with van der Waals surface area (Å²) in [5, 5.41) is 1.13. The van der Waals surface area contributed by atoms with Crippen molar-refractivity contribution in [3.63, 3.8) is 0 Å². The number of fused-ring (bicyclic) bond motifs is 1. The first kappa shape index (κ1) is 24.0. The number of amides is 1. The Morgan fingerprint density at radius 1 is 0.944 bits per heavy atom. The molecule has 3 aromatic carbocycles. The summed E-state index contributed by atoms with van der Waals surface area (Å²) in [4.78, 5) is 19.1. The number of aromatic amines is 1. The predicted octanol–water partition coefficient (Wildman–Crippen LogP) is 6.19. The minimum absolute atomic E-state index is 0.128. The van der Waals surface area contributed by atoms with E-state index in [9.17, 15) is 4.79 Å². The summed E-state index contributed by atoms with van der Waals surface area (Å²) in [6.45, 7) is 1.63. The van der Waals surface area contributed by atoms with Crippen LogP contribution in [-0.4, -0.2) is 43.1 Å². The molecule has 1 aromatic heterocycles. The molecule has 0 aliphatic carbocycles. The van der Waals surface area contributed by atoms with Crippen molar-refractivity contribution in [1.82, 2.24) is 9.88 Å². The van der Waals surface area contributed by atoms with Crippen LogP contribution in [0.3, 0.4) is 0 Å². The quantitative estimate of drug-likeness (QED) is 0.326. The second kappa shape index (κ2) is 10.9. The normalized spacial score (nSPS) is 15.1. The molecule has 186 valence electrons. The molecule has 1 atom stereocenters. The highest BCUT2D eigenvalue weighted by Gasteiger charge is 2.29. The molecular weight excluding hydrogens is 448 g/mol. The Labute approximate surface area is 213 Å². The molecular formula is C31H34N2O3. The van der Waals surface area contributed by atoms with Gasteiger partial charge in [0.15, 0.2) is 0 Å². The van der Waals surface area contributed by atoms with Crippen LogP contribution >= 0.6 is 0 Å². The molecule has 2 heterocycles. The summed E-state index contributed by atoms with van der Waals surface area (Å²) < 4.78 is 11.2. The molecule has 36 heavy (non-hydrogen) atoms. The maximum Gasteiger partial charge on any atom is 0.223 e. The maximum absolute atomic E-state index is 13.7. The predicted molar refractivity (Wildman–Crippen MR) is 144 cm³/mol. The number of nitrogens with zero attached hydrogens (tertiary/aromatic N) is 1. The van der Waals surface area contributed by atoms with Gasteiger partial charge in [-0.05, 0) is 48.4 Å². The van der Waals surface area contributed by atoms with Crippen LogP contribution in [0, 0.1) is 5.92 Å². The second-order valence-electron chi connectivity index (χ2n) is 9.67. The van der Waals surface area contributed by atoms with E-state index in [1.807, 2.05) is 36.5 Å². The fourth-order valence-corrected chi connectivity index (χ4v) is 5.51. The van der Waals surface area contributed by atoms with Crippen molar-refractivity contribution < 1.29 is 14.3 Å². The zero-order valence-corrected chi connectivity index (χ0v) is 21.1. The van der Waals surface area contributed by atoms with Crippen molar-refractivity contribution in [2.75, 3.05) is 27.3 Å². The van der Waals surface area contributed by atoms with Crippen LogP contribution in [0.5, 0.6) is 11.5 Å². The van der Waals surface area contributed by atoms with Crippen LogP contribution in [0.4, 0.5) is 0 Å². The summed E-state index contributed by atoms with van der Waals surface area (Å²) in [5.41, 5.74) is 4.56. The van der Waals surface area contributed by atoms with Gasteiger partial charge in [-0.15, -0.1) is 0 Å². The first-order chi connectivity index (χ1) is 17.7. The molecule has 1 fully saturated rings. The van der Waals surface area contributed by atoms with Gasteiger partial charge < -0.3 is 19.4 Å². The number of nitrogens with one attached hydrogen (secondary N) is 1. The number of piperidine rings is 1. The Balaban J connectivity index is 1.37. The van der Waals surface area contributed by atoms with Crippen LogP contribution in [0.1, 0.15) is 41.9 Å². The van der Waals surface area contributed by atoms with Gasteiger partial charge in [0.2, 0.25) is 5.91 Å². The second-order valence-corrected chi connectivity index (χ2v) is 9.67. The molecule has 1 N–H and O–H groups in total. The topological polar surface area (TPSA) is 54.6 Å². The Morgan fingerprint density at radius 3 is 2.44 bits per heavy atom. The van der Waals surface area contributed by atoms with Gasteiger partial charge in [-0.2, -0.15) is 0 Å². The minimum atomic E-state index is -0.128. The van der Waals surface area contributed by atoms with E-state index < -0.39 is 0 Å². The number of likely N-dealkylation sites (tertiary alicyclic amines) is 1. The third-order valence-corrected chi connectivity index (χ3v) is 7.53. The third-order valence-electron chi connectivity index (χ3n) is 7.53. The molecule has 5 nitrogen and oxygen atoms in total. The first-order valence-electron chi connectivity index (χ1n) is 12.8. The number of rotatable bonds is 8. The highest BCUT2D eigenvalue weighted by atomic mass is 16.5. The number of carbonyl (C=O) groups excluding carboxylic acids is 1. The molecule has 1 aliphatic heterocycles. The Morgan fingerprint density at radius 2 is 1.69 bits per heavy atom. The van der Waals surface area contributed by atoms with E-state index in [0.29, 0.717) is 12.3 Å². The number of carbonyl (C=O) groups is 1. The van der Waals surface area contributed by atoms with Gasteiger partial charge in [-0.3, -0.25) is 4.79 Å². The average molecular weight is 483 g/mol. The monoisotopic (exact) mass is 482 g/mol. The molecule has 0 radical (unpaired) electrons. The lowest BCUT2D eigenvalue weighted by molar-refractivity contribution is -0.132. The van der Waals surface area contributed by atoms with E-state index in [2.05, 4.69) is 52.3 Å². The number of benzene rings is 3. The van der Waals surface area contributed by atoms with Gasteiger partial charge in [0.25, 0.3) is 0 Å². The fraction of sp³-hybridized carbons (Fsp3) is 0.323. The summed E-state index contributed by atoms with van der Waals surface area (Å²) in [6, 6.07) is 24.8. The number of aromatic nitrogens is 1. The van der Waals surface area contributed by atoms with Crippen molar-refractivity contribution >= 4 is 16.8 Å². The largest absolute Gasteiger partial charge is 0.497 e. The lowest BCUT2D eigenvalue weighted by atomic mass is 9.86. The van der Waals surface area contributed by atoms with Gasteiger partial charge in [-0.25, -0.2) is 0 Å². The average Bonchev–Trinajstić information content (AvgIpc) is 3.36. The van der Waals surface area contributed by atoms with Crippen LogP contribution in [0.15, 0.2) is 79.0 Å². The molecule has 0 saturated carbocycles. The summed E-state index contributed by atoms with van der Waals surface area (Å²) in [6.07, 6.45) is 5.62. The summed E-state index contributed by atoms with van der Waals surface area (Å²) in [7, 11) is 3.32. The van der Waals surface area contributed by atoms with Crippen molar-refractivity contribution in [2.24, 2.45) is 5.92 Å². The highest BCUT2D eigenvalue weighted by Crippen LogP contribution is 2.40. The van der Waals surface area contributed by atoms with Gasteiger partial charge in [-0.1, -0.05) is 54.6 Å². The minimum Gasteiger partial charge on any atom is -0.497 e. The zero-order valence-electron chi connectivity index (χ0n) is 21.1. The lowest BCUT2D eigenvalue weighted by Gasteiger charge is -2.33. The van der Waals surface area contributed by atoms with Gasteiger partial charge in [0.05, 0.1) is 14.2 Å². The molecule has 1 amide bonds. The molecule has 5 rings (SSSR count). The molecule has 5 heteroatoms. The SMILES string of the molecule is COc1ccc([C@@H](CC(=O)N2CCC(Cc3ccccc3)CC2)c2c[nH]c3ccccc23)c(OC)c1. The first-order valence-corrected chi connectivity index (χ1v) is 12.8. The van der Waals surface area contributed by atoms with Crippen molar-refractivity contribution in [1.29, 1.82) is 0 Å². The van der Waals surface area contributed by atoms with E-state index >= 15 is 0 Å². The number of para-hydroxylation sites is 1. The number of hydrogen-bond donors (Lipinski definition) is 1. The molecule has 0 spiro atoms.